The van der Waals surface area contributed by atoms with Gasteiger partial charge >= 0.3 is 0 Å². The summed E-state index contributed by atoms with van der Waals surface area (Å²) < 4.78 is 5.33. The molecule has 92 valence electrons. The summed E-state index contributed by atoms with van der Waals surface area (Å²) in [4.78, 5) is 7.73. The molecule has 0 aliphatic carbocycles. The number of aromatic amines is 1. The number of hydrogen-bond donors (Lipinski definition) is 1. The molecule has 1 aromatic heterocycles. The number of ether oxygens (including phenoxy) is 1. The lowest BCUT2D eigenvalue weighted by molar-refractivity contribution is 0.416. The Hall–Kier alpha value is -2.80. The molecular weight excluding hydrogens is 238 g/mol. The number of H-pyrrole nitrogens is 1. The van der Waals surface area contributed by atoms with E-state index in [2.05, 4.69) is 16.0 Å². The van der Waals surface area contributed by atoms with Crippen molar-refractivity contribution in [3.05, 3.63) is 48.0 Å². The number of hydrogen-bond acceptors (Lipinski definition) is 3. The third kappa shape index (κ3) is 1.81. The molecule has 0 fully saturated rings. The van der Waals surface area contributed by atoms with Gasteiger partial charge in [0.2, 0.25) is 0 Å². The van der Waals surface area contributed by atoms with Crippen LogP contribution in [0.3, 0.4) is 0 Å². The highest BCUT2D eigenvalue weighted by atomic mass is 16.5. The van der Waals surface area contributed by atoms with Crippen molar-refractivity contribution >= 4 is 11.0 Å². The molecule has 3 aromatic rings. The molecule has 0 amide bonds. The van der Waals surface area contributed by atoms with Gasteiger partial charge < -0.3 is 9.72 Å². The van der Waals surface area contributed by atoms with Gasteiger partial charge in [-0.15, -0.1) is 0 Å². The number of para-hydroxylation sites is 2. The molecular formula is C15H11N3O. The molecule has 3 rings (SSSR count). The zero-order valence-electron chi connectivity index (χ0n) is 10.3. The number of nitrogens with zero attached hydrogens (tertiary/aromatic N) is 2. The second-order valence-electron chi connectivity index (χ2n) is 4.10. The van der Waals surface area contributed by atoms with Crippen molar-refractivity contribution in [1.29, 1.82) is 5.26 Å². The molecule has 19 heavy (non-hydrogen) atoms. The van der Waals surface area contributed by atoms with Crippen LogP contribution >= 0.6 is 0 Å². The molecule has 0 spiro atoms. The smallest absolute Gasteiger partial charge is 0.143 e. The summed E-state index contributed by atoms with van der Waals surface area (Å²) in [6.45, 7) is 0. The molecule has 4 heteroatoms. The van der Waals surface area contributed by atoms with E-state index in [1.807, 2.05) is 30.3 Å². The first-order chi connectivity index (χ1) is 9.33. The normalized spacial score (nSPS) is 10.3. The van der Waals surface area contributed by atoms with Crippen molar-refractivity contribution in [2.75, 3.05) is 7.11 Å². The number of fused-ring (bicyclic) bond motifs is 1. The van der Waals surface area contributed by atoms with Crippen molar-refractivity contribution < 1.29 is 4.74 Å². The van der Waals surface area contributed by atoms with E-state index in [1.54, 1.807) is 19.2 Å². The van der Waals surface area contributed by atoms with Gasteiger partial charge in [-0.3, -0.25) is 0 Å². The summed E-state index contributed by atoms with van der Waals surface area (Å²) in [6, 6.07) is 15.3. The molecule has 0 radical (unpaired) electrons. The van der Waals surface area contributed by atoms with Gasteiger partial charge in [0.25, 0.3) is 0 Å². The maximum absolute atomic E-state index is 9.23. The third-order valence-electron chi connectivity index (χ3n) is 2.99. The van der Waals surface area contributed by atoms with Gasteiger partial charge in [0.1, 0.15) is 17.6 Å². The first kappa shape index (κ1) is 11.3. The van der Waals surface area contributed by atoms with Crippen molar-refractivity contribution in [3.63, 3.8) is 0 Å². The minimum Gasteiger partial charge on any atom is -0.496 e. The second-order valence-corrected chi connectivity index (χ2v) is 4.10. The first-order valence-corrected chi connectivity index (χ1v) is 5.85. The van der Waals surface area contributed by atoms with E-state index >= 15 is 0 Å². The van der Waals surface area contributed by atoms with Gasteiger partial charge in [0.05, 0.1) is 29.3 Å². The van der Waals surface area contributed by atoms with E-state index in [4.69, 9.17) is 4.74 Å². The van der Waals surface area contributed by atoms with Gasteiger partial charge in [-0.1, -0.05) is 18.2 Å². The number of methoxy groups -OCH3 is 1. The largest absolute Gasteiger partial charge is 0.496 e. The van der Waals surface area contributed by atoms with Crippen LogP contribution in [0.25, 0.3) is 22.4 Å². The maximum Gasteiger partial charge on any atom is 0.143 e. The lowest BCUT2D eigenvalue weighted by Gasteiger charge is -2.07. The Labute approximate surface area is 110 Å². The van der Waals surface area contributed by atoms with E-state index < -0.39 is 0 Å². The maximum atomic E-state index is 9.23. The Bertz CT molecular complexity index is 750. The number of imidazole rings is 1. The van der Waals surface area contributed by atoms with Crippen LogP contribution in [0.4, 0.5) is 0 Å². The summed E-state index contributed by atoms with van der Waals surface area (Å²) in [7, 11) is 1.59. The Kier molecular flexibility index (Phi) is 2.66. The highest BCUT2D eigenvalue weighted by molar-refractivity contribution is 5.82. The third-order valence-corrected chi connectivity index (χ3v) is 2.99. The van der Waals surface area contributed by atoms with Gasteiger partial charge in [-0.2, -0.15) is 5.26 Å². The first-order valence-electron chi connectivity index (χ1n) is 5.85. The molecule has 0 saturated heterocycles. The molecule has 0 saturated carbocycles. The van der Waals surface area contributed by atoms with E-state index in [-0.39, 0.29) is 0 Å². The summed E-state index contributed by atoms with van der Waals surface area (Å²) in [5.41, 5.74) is 3.04. The number of nitriles is 1. The van der Waals surface area contributed by atoms with E-state index in [0.29, 0.717) is 22.7 Å². The summed E-state index contributed by atoms with van der Waals surface area (Å²) in [6.07, 6.45) is 0. The van der Waals surface area contributed by atoms with Gasteiger partial charge in [-0.25, -0.2) is 4.98 Å². The van der Waals surface area contributed by atoms with Gasteiger partial charge in [-0.05, 0) is 24.3 Å². The Morgan fingerprint density at radius 2 is 2.00 bits per heavy atom. The summed E-state index contributed by atoms with van der Waals surface area (Å²) in [5.74, 6) is 1.29. The fraction of sp³-hybridized carbons (Fsp3) is 0.0667. The lowest BCUT2D eigenvalue weighted by Crippen LogP contribution is -1.92. The predicted molar refractivity (Wildman–Crippen MR) is 72.8 cm³/mol. The highest BCUT2D eigenvalue weighted by Gasteiger charge is 2.14. The van der Waals surface area contributed by atoms with Crippen molar-refractivity contribution in [3.8, 4) is 23.2 Å². The van der Waals surface area contributed by atoms with Crippen LogP contribution in [0, 0.1) is 11.3 Å². The molecule has 1 N–H and O–H groups in total. The topological polar surface area (TPSA) is 61.7 Å². The van der Waals surface area contributed by atoms with Crippen LogP contribution in [0.1, 0.15) is 5.56 Å². The van der Waals surface area contributed by atoms with Crippen molar-refractivity contribution in [1.82, 2.24) is 9.97 Å². The molecule has 1 heterocycles. The quantitative estimate of drug-likeness (QED) is 0.759. The lowest BCUT2D eigenvalue weighted by atomic mass is 10.1. The van der Waals surface area contributed by atoms with Crippen LogP contribution in [0.2, 0.25) is 0 Å². The van der Waals surface area contributed by atoms with Crippen LogP contribution in [-0.4, -0.2) is 17.1 Å². The SMILES string of the molecule is COc1cccc(C#N)c1-c1nc2ccccc2[nH]1. The zero-order valence-corrected chi connectivity index (χ0v) is 10.3. The van der Waals surface area contributed by atoms with E-state index in [9.17, 15) is 5.26 Å². The Morgan fingerprint density at radius 3 is 2.74 bits per heavy atom. The predicted octanol–water partition coefficient (Wildman–Crippen LogP) is 3.11. The average molecular weight is 249 g/mol. The molecule has 0 unspecified atom stereocenters. The monoisotopic (exact) mass is 249 g/mol. The summed E-state index contributed by atoms with van der Waals surface area (Å²) in [5, 5.41) is 9.23. The van der Waals surface area contributed by atoms with Crippen LogP contribution in [-0.2, 0) is 0 Å². The molecule has 2 aromatic carbocycles. The van der Waals surface area contributed by atoms with Crippen LogP contribution < -0.4 is 4.74 Å². The number of nitrogens with one attached hydrogen (secondary N) is 1. The van der Waals surface area contributed by atoms with Gasteiger partial charge in [0.15, 0.2) is 0 Å². The standard InChI is InChI=1S/C15H11N3O/c1-19-13-8-4-5-10(9-16)14(13)15-17-11-6-2-3-7-12(11)18-15/h2-8H,1H3,(H,17,18). The van der Waals surface area contributed by atoms with Crippen molar-refractivity contribution in [2.24, 2.45) is 0 Å². The van der Waals surface area contributed by atoms with E-state index in [0.717, 1.165) is 11.0 Å². The molecule has 0 atom stereocenters. The molecule has 0 aliphatic rings. The molecule has 0 bridgehead atoms. The number of rotatable bonds is 2. The van der Waals surface area contributed by atoms with Crippen molar-refractivity contribution in [2.45, 2.75) is 0 Å². The fourth-order valence-electron chi connectivity index (χ4n) is 2.11. The second kappa shape index (κ2) is 4.46. The van der Waals surface area contributed by atoms with Crippen LogP contribution in [0.5, 0.6) is 5.75 Å². The number of benzene rings is 2. The average Bonchev–Trinajstić information content (AvgIpc) is 2.89. The number of aromatic nitrogens is 2. The Balaban J connectivity index is 2.29. The van der Waals surface area contributed by atoms with Crippen LogP contribution in [0.15, 0.2) is 42.5 Å². The summed E-state index contributed by atoms with van der Waals surface area (Å²) >= 11 is 0. The van der Waals surface area contributed by atoms with E-state index in [1.165, 1.54) is 0 Å². The Morgan fingerprint density at radius 1 is 1.16 bits per heavy atom. The fourth-order valence-corrected chi connectivity index (χ4v) is 2.11. The minimum atomic E-state index is 0.540. The molecule has 0 aliphatic heterocycles. The minimum absolute atomic E-state index is 0.540. The highest BCUT2D eigenvalue weighted by Crippen LogP contribution is 2.32. The molecule has 4 nitrogen and oxygen atoms in total. The van der Waals surface area contributed by atoms with Gasteiger partial charge in [0, 0.05) is 0 Å². The zero-order chi connectivity index (χ0) is 13.2.